The lowest BCUT2D eigenvalue weighted by Gasteiger charge is -2.37. The minimum atomic E-state index is -3.42. The van der Waals surface area contributed by atoms with Gasteiger partial charge in [-0.25, -0.2) is 23.0 Å². The van der Waals surface area contributed by atoms with Gasteiger partial charge >= 0.3 is 12.2 Å². The average Bonchev–Trinajstić information content (AvgIpc) is 3.97. The maximum absolute atomic E-state index is 16.7. The van der Waals surface area contributed by atoms with E-state index in [9.17, 15) is 27.6 Å². The zero-order valence-electron chi connectivity index (χ0n) is 38.5. The number of halogens is 2. The van der Waals surface area contributed by atoms with E-state index < -0.39 is 40.0 Å². The van der Waals surface area contributed by atoms with Crippen molar-refractivity contribution in [1.29, 1.82) is 0 Å². The van der Waals surface area contributed by atoms with E-state index in [4.69, 9.17) is 14.5 Å². The lowest BCUT2D eigenvalue weighted by Crippen LogP contribution is -2.52. The van der Waals surface area contributed by atoms with Gasteiger partial charge in [-0.05, 0) is 114 Å². The number of alkyl halides is 2. The number of imidazole rings is 1. The van der Waals surface area contributed by atoms with E-state index in [0.717, 1.165) is 60.5 Å². The number of piperidine rings is 1. The number of carbonyl (C=O) groups excluding carboxylic acids is 4. The third-order valence-electron chi connectivity index (χ3n) is 15.1. The van der Waals surface area contributed by atoms with Crippen molar-refractivity contribution >= 4 is 44.7 Å². The van der Waals surface area contributed by atoms with Crippen molar-refractivity contribution in [2.24, 2.45) is 17.3 Å². The number of aromatic amines is 2. The molecule has 3 aliphatic carbocycles. The normalized spacial score (nSPS) is 22.6. The second kappa shape index (κ2) is 16.7. The maximum atomic E-state index is 16.7. The quantitative estimate of drug-likeness (QED) is 0.0959. The van der Waals surface area contributed by atoms with Gasteiger partial charge < -0.3 is 39.9 Å². The summed E-state index contributed by atoms with van der Waals surface area (Å²) in [4.78, 5) is 67.8. The number of aromatic nitrogens is 3. The number of ether oxygens (including phenoxy) is 2. The summed E-state index contributed by atoms with van der Waals surface area (Å²) < 4.78 is 67.1. The number of nitrogens with one attached hydrogen (secondary N) is 4. The number of alkyl carbamates (subject to hydrolysis) is 2. The SMILES string of the molecule is COC(=O)N[C@@H](CCS(C)(=O)=O)C(=O)N1[C@@H]2CC[C@@H](C2)[C@H]1c1cc2ccc(-c3ccc4c(c3)C(F)(F)c3cc(-c5cnc([C@@H]6CC7(CC7)CN6C(=O)[C@@H](NC(=O)OC)C(C)C)[nH]5)ccc3-4)cc2[nH]1. The summed E-state index contributed by atoms with van der Waals surface area (Å²) >= 11 is 0. The van der Waals surface area contributed by atoms with Crippen LogP contribution in [-0.2, 0) is 34.8 Å². The second-order valence-electron chi connectivity index (χ2n) is 19.9. The highest BCUT2D eigenvalue weighted by molar-refractivity contribution is 7.90. The lowest BCUT2D eigenvalue weighted by atomic mass is 9.95. The highest BCUT2D eigenvalue weighted by Crippen LogP contribution is 2.59. The van der Waals surface area contributed by atoms with Gasteiger partial charge in [0, 0.05) is 46.7 Å². The van der Waals surface area contributed by atoms with Crippen LogP contribution in [0.1, 0.15) is 93.5 Å². The minimum absolute atomic E-state index is 0.00248. The summed E-state index contributed by atoms with van der Waals surface area (Å²) in [7, 11) is -0.977. The Hall–Kier alpha value is -6.30. The fourth-order valence-corrected chi connectivity index (χ4v) is 12.0. The van der Waals surface area contributed by atoms with Gasteiger partial charge in [-0.2, -0.15) is 8.78 Å². The molecule has 2 bridgehead atoms. The Morgan fingerprint density at radius 3 is 2.21 bits per heavy atom. The molecule has 4 N–H and O–H groups in total. The molecule has 3 aromatic carbocycles. The largest absolute Gasteiger partial charge is 0.453 e. The van der Waals surface area contributed by atoms with Gasteiger partial charge in [0.05, 0.1) is 43.9 Å². The van der Waals surface area contributed by atoms with Crippen molar-refractivity contribution in [2.45, 2.75) is 94.9 Å². The highest BCUT2D eigenvalue weighted by Gasteiger charge is 2.55. The third-order valence-corrected chi connectivity index (χ3v) is 16.0. The summed E-state index contributed by atoms with van der Waals surface area (Å²) in [5, 5.41) is 6.13. The molecule has 0 unspecified atom stereocenters. The predicted octanol–water partition coefficient (Wildman–Crippen LogP) is 7.99. The number of benzene rings is 3. The fraction of sp³-hybridized carbons (Fsp3) is 0.460. The number of H-pyrrole nitrogens is 2. The Bertz CT molecular complexity index is 2980. The molecule has 4 heterocycles. The van der Waals surface area contributed by atoms with E-state index in [1.54, 1.807) is 40.3 Å². The zero-order valence-corrected chi connectivity index (χ0v) is 39.3. The van der Waals surface area contributed by atoms with Crippen LogP contribution in [0.5, 0.6) is 0 Å². The first-order valence-corrected chi connectivity index (χ1v) is 25.3. The zero-order chi connectivity index (χ0) is 48.0. The Morgan fingerprint density at radius 2 is 1.53 bits per heavy atom. The van der Waals surface area contributed by atoms with Gasteiger partial charge in [0.2, 0.25) is 11.8 Å². The number of rotatable bonds is 12. The molecule has 1 spiro atoms. The van der Waals surface area contributed by atoms with Gasteiger partial charge in [0.15, 0.2) is 0 Å². The number of carbonyl (C=O) groups is 4. The van der Waals surface area contributed by atoms with Crippen LogP contribution >= 0.6 is 0 Å². The molecule has 0 radical (unpaired) electrons. The van der Waals surface area contributed by atoms with Crippen LogP contribution in [0, 0.1) is 17.3 Å². The van der Waals surface area contributed by atoms with Crippen LogP contribution in [0.4, 0.5) is 18.4 Å². The van der Waals surface area contributed by atoms with Crippen molar-refractivity contribution in [3.8, 4) is 33.5 Å². The molecule has 5 aliphatic rings. The standard InChI is InChI=1S/C50H55F2N7O8S/c1-26(2)42(57-48(63)67-4)46(61)58-25-49(15-16-49)23-41(58)44-53-24-40(55-44)29-10-13-34-33-12-9-27(19-35(33)50(51,52)36(34)20-29)28-6-7-30-22-39(54-38(30)21-28)43-31-8-11-32(18-31)59(43)45(60)37(56-47(62)66-3)14-17-68(5,64)65/h6-7,9-10,12-13,19-22,24,26,31-32,37,41-43,54H,8,11,14-18,23,25H2,1-5H3,(H,53,55)(H,56,62)(H,57,63)/t31-,32+,37-,41-,42-,43-/m0/s1. The number of hydrogen-bond donors (Lipinski definition) is 4. The first-order chi connectivity index (χ1) is 32.4. The maximum Gasteiger partial charge on any atom is 0.407 e. The van der Waals surface area contributed by atoms with E-state index in [1.807, 2.05) is 44.2 Å². The molecular weight excluding hydrogens is 897 g/mol. The minimum Gasteiger partial charge on any atom is -0.453 e. The van der Waals surface area contributed by atoms with Crippen LogP contribution in [0.3, 0.4) is 0 Å². The van der Waals surface area contributed by atoms with Gasteiger partial charge in [-0.3, -0.25) is 9.59 Å². The molecule has 6 atom stereocenters. The molecule has 15 nitrogen and oxygen atoms in total. The molecule has 5 aromatic rings. The molecule has 68 heavy (non-hydrogen) atoms. The summed E-state index contributed by atoms with van der Waals surface area (Å²) in [6, 6.07) is 15.3. The van der Waals surface area contributed by atoms with Gasteiger partial charge in [0.25, 0.3) is 5.92 Å². The third kappa shape index (κ3) is 8.07. The molecule has 2 aliphatic heterocycles. The summed E-state index contributed by atoms with van der Waals surface area (Å²) in [5.41, 5.74) is 4.66. The number of hydrogen-bond acceptors (Lipinski definition) is 9. The number of nitrogens with zero attached hydrogens (tertiary/aromatic N) is 3. The Kier molecular flexibility index (Phi) is 11.2. The van der Waals surface area contributed by atoms with E-state index in [0.29, 0.717) is 46.7 Å². The summed E-state index contributed by atoms with van der Waals surface area (Å²) in [6.45, 7) is 4.27. The van der Waals surface area contributed by atoms with Crippen molar-refractivity contribution in [2.75, 3.05) is 32.8 Å². The topological polar surface area (TPSA) is 196 Å². The fourth-order valence-electron chi connectivity index (χ4n) is 11.3. The lowest BCUT2D eigenvalue weighted by molar-refractivity contribution is -0.138. The van der Waals surface area contributed by atoms with Gasteiger partial charge in [0.1, 0.15) is 27.7 Å². The first kappa shape index (κ1) is 45.5. The van der Waals surface area contributed by atoms with Crippen LogP contribution < -0.4 is 10.6 Å². The van der Waals surface area contributed by atoms with E-state index >= 15 is 8.78 Å². The average molecular weight is 952 g/mol. The van der Waals surface area contributed by atoms with Crippen molar-refractivity contribution in [3.05, 3.63) is 89.5 Å². The second-order valence-corrected chi connectivity index (χ2v) is 22.1. The van der Waals surface area contributed by atoms with Gasteiger partial charge in [-0.15, -0.1) is 0 Å². The molecule has 10 rings (SSSR count). The molecule has 4 amide bonds. The molecule has 18 heteroatoms. The smallest absolute Gasteiger partial charge is 0.407 e. The molecule has 4 fully saturated rings. The number of fused-ring (bicyclic) bond motifs is 6. The Morgan fingerprint density at radius 1 is 0.868 bits per heavy atom. The van der Waals surface area contributed by atoms with E-state index in [2.05, 4.69) is 20.6 Å². The molecular formula is C50H55F2N7O8S. The monoisotopic (exact) mass is 951 g/mol. The number of amides is 4. The predicted molar refractivity (Wildman–Crippen MR) is 249 cm³/mol. The Balaban J connectivity index is 0.890. The van der Waals surface area contributed by atoms with Crippen LogP contribution in [0.15, 0.2) is 66.9 Å². The number of methoxy groups -OCH3 is 2. The van der Waals surface area contributed by atoms with Crippen molar-refractivity contribution < 1.29 is 45.9 Å². The van der Waals surface area contributed by atoms with Crippen molar-refractivity contribution in [1.82, 2.24) is 35.4 Å². The van der Waals surface area contributed by atoms with Crippen molar-refractivity contribution in [3.63, 3.8) is 0 Å². The van der Waals surface area contributed by atoms with Crippen LogP contribution in [0.25, 0.3) is 44.4 Å². The van der Waals surface area contributed by atoms with E-state index in [1.165, 1.54) is 20.3 Å². The number of sulfone groups is 1. The molecule has 2 saturated carbocycles. The highest BCUT2D eigenvalue weighted by atomic mass is 32.2. The molecule has 2 aromatic heterocycles. The summed E-state index contributed by atoms with van der Waals surface area (Å²) in [6.07, 6.45) is 6.30. The van der Waals surface area contributed by atoms with E-state index in [-0.39, 0.29) is 70.5 Å². The summed E-state index contributed by atoms with van der Waals surface area (Å²) in [5.74, 6) is -3.64. The van der Waals surface area contributed by atoms with Crippen LogP contribution in [0.2, 0.25) is 0 Å². The van der Waals surface area contributed by atoms with Crippen LogP contribution in [-0.4, -0.2) is 108 Å². The Labute approximate surface area is 392 Å². The first-order valence-electron chi connectivity index (χ1n) is 23.2. The van der Waals surface area contributed by atoms with Gasteiger partial charge in [-0.1, -0.05) is 50.2 Å². The molecule has 2 saturated heterocycles. The number of likely N-dealkylation sites (tertiary alicyclic amines) is 2. The molecule has 358 valence electrons.